The van der Waals surface area contributed by atoms with Crippen LogP contribution in [0, 0.1) is 0 Å². The fourth-order valence-electron chi connectivity index (χ4n) is 3.21. The smallest absolute Gasteiger partial charge is 0.261 e. The Balaban J connectivity index is 1.44. The van der Waals surface area contributed by atoms with Crippen molar-refractivity contribution in [1.29, 1.82) is 0 Å². The Labute approximate surface area is 191 Å². The highest BCUT2D eigenvalue weighted by molar-refractivity contribution is 7.92. The molecule has 1 aliphatic heterocycles. The lowest BCUT2D eigenvalue weighted by molar-refractivity contribution is 0.122. The van der Waals surface area contributed by atoms with Gasteiger partial charge in [0.2, 0.25) is 0 Å². The van der Waals surface area contributed by atoms with E-state index in [9.17, 15) is 8.42 Å². The summed E-state index contributed by atoms with van der Waals surface area (Å²) < 4.78 is 38.3. The van der Waals surface area contributed by atoms with E-state index in [-0.39, 0.29) is 9.92 Å². The molecule has 0 aliphatic carbocycles. The number of anilines is 4. The molecule has 11 heteroatoms. The third kappa shape index (κ3) is 5.21. The van der Waals surface area contributed by atoms with E-state index < -0.39 is 10.0 Å². The Hall–Kier alpha value is -3.08. The van der Waals surface area contributed by atoms with Crippen molar-refractivity contribution >= 4 is 44.5 Å². The van der Waals surface area contributed by atoms with Gasteiger partial charge in [-0.25, -0.2) is 8.42 Å². The Bertz CT molecular complexity index is 1190. The van der Waals surface area contributed by atoms with Crippen LogP contribution < -0.4 is 19.7 Å². The van der Waals surface area contributed by atoms with Crippen LogP contribution in [0.25, 0.3) is 0 Å². The molecule has 2 aromatic carbocycles. The first-order valence-corrected chi connectivity index (χ1v) is 11.7. The minimum atomic E-state index is -3.80. The number of aromatic nitrogens is 2. The standard InChI is InChI=1S/C21H22ClN5O4S/c1-30-20-7-6-18(13-19(20)22)32(28,29)26-16-4-2-15(3-5-16)24-21-12-17(14-23-25-21)27-8-10-31-11-9-27/h2-7,12-14,26H,8-11H2,1H3,(H,24,25). The molecule has 0 unspecified atom stereocenters. The molecule has 168 valence electrons. The molecule has 0 bridgehead atoms. The zero-order valence-corrected chi connectivity index (χ0v) is 18.9. The summed E-state index contributed by atoms with van der Waals surface area (Å²) in [5.74, 6) is 0.997. The van der Waals surface area contributed by atoms with Crippen molar-refractivity contribution in [2.75, 3.05) is 48.4 Å². The molecule has 4 rings (SSSR count). The fraction of sp³-hybridized carbons (Fsp3) is 0.238. The molecule has 3 aromatic rings. The van der Waals surface area contributed by atoms with Crippen LogP contribution >= 0.6 is 11.6 Å². The Morgan fingerprint density at radius 2 is 1.78 bits per heavy atom. The predicted octanol–water partition coefficient (Wildman–Crippen LogP) is 3.52. The average Bonchev–Trinajstić information content (AvgIpc) is 2.81. The molecule has 0 amide bonds. The Morgan fingerprint density at radius 1 is 1.06 bits per heavy atom. The molecule has 1 fully saturated rings. The van der Waals surface area contributed by atoms with Crippen molar-refractivity contribution in [1.82, 2.24) is 10.2 Å². The number of halogens is 1. The molecule has 0 atom stereocenters. The number of benzene rings is 2. The molecule has 9 nitrogen and oxygen atoms in total. The highest BCUT2D eigenvalue weighted by Crippen LogP contribution is 2.28. The van der Waals surface area contributed by atoms with Crippen LogP contribution in [0.5, 0.6) is 5.75 Å². The number of sulfonamides is 1. The molecule has 0 radical (unpaired) electrons. The highest BCUT2D eigenvalue weighted by atomic mass is 35.5. The molecule has 0 saturated carbocycles. The highest BCUT2D eigenvalue weighted by Gasteiger charge is 2.16. The van der Waals surface area contributed by atoms with E-state index in [0.717, 1.165) is 24.5 Å². The van der Waals surface area contributed by atoms with Gasteiger partial charge in [-0.3, -0.25) is 4.72 Å². The number of morpholine rings is 1. The van der Waals surface area contributed by atoms with Crippen LogP contribution in [0.2, 0.25) is 5.02 Å². The number of hydrogen-bond donors (Lipinski definition) is 2. The maximum absolute atomic E-state index is 12.7. The second kappa shape index (κ2) is 9.60. The van der Waals surface area contributed by atoms with Gasteiger partial charge in [0, 0.05) is 30.5 Å². The topological polar surface area (TPSA) is 106 Å². The number of ether oxygens (including phenoxy) is 2. The van der Waals surface area contributed by atoms with E-state index in [4.69, 9.17) is 21.1 Å². The number of methoxy groups -OCH3 is 1. The lowest BCUT2D eigenvalue weighted by atomic mass is 10.3. The van der Waals surface area contributed by atoms with Crippen molar-refractivity contribution in [3.63, 3.8) is 0 Å². The van der Waals surface area contributed by atoms with Crippen LogP contribution in [0.4, 0.5) is 22.9 Å². The second-order valence-electron chi connectivity index (χ2n) is 7.00. The van der Waals surface area contributed by atoms with Gasteiger partial charge in [-0.2, -0.15) is 5.10 Å². The van der Waals surface area contributed by atoms with Gasteiger partial charge in [0.05, 0.1) is 42.1 Å². The minimum absolute atomic E-state index is 0.0423. The first-order chi connectivity index (χ1) is 15.4. The summed E-state index contributed by atoms with van der Waals surface area (Å²) in [5, 5.41) is 11.6. The minimum Gasteiger partial charge on any atom is -0.495 e. The van der Waals surface area contributed by atoms with Crippen molar-refractivity contribution in [3.05, 3.63) is 59.8 Å². The number of nitrogens with zero attached hydrogens (tertiary/aromatic N) is 3. The molecule has 32 heavy (non-hydrogen) atoms. The van der Waals surface area contributed by atoms with Gasteiger partial charge in [-0.1, -0.05) is 11.6 Å². The monoisotopic (exact) mass is 475 g/mol. The van der Waals surface area contributed by atoms with E-state index in [1.807, 2.05) is 6.07 Å². The molecule has 1 saturated heterocycles. The summed E-state index contributed by atoms with van der Waals surface area (Å²) in [4.78, 5) is 2.23. The summed E-state index contributed by atoms with van der Waals surface area (Å²) in [6.45, 7) is 2.98. The van der Waals surface area contributed by atoms with Crippen LogP contribution in [-0.2, 0) is 14.8 Å². The van der Waals surface area contributed by atoms with Gasteiger partial charge in [0.1, 0.15) is 5.75 Å². The van der Waals surface area contributed by atoms with E-state index in [1.54, 1.807) is 30.5 Å². The molecule has 0 spiro atoms. The first-order valence-electron chi connectivity index (χ1n) is 9.83. The lowest BCUT2D eigenvalue weighted by Gasteiger charge is -2.28. The Morgan fingerprint density at radius 3 is 2.47 bits per heavy atom. The number of rotatable bonds is 7. The molecular formula is C21H22ClN5O4S. The van der Waals surface area contributed by atoms with Crippen molar-refractivity contribution < 1.29 is 17.9 Å². The third-order valence-electron chi connectivity index (χ3n) is 4.86. The fourth-order valence-corrected chi connectivity index (χ4v) is 4.62. The SMILES string of the molecule is COc1ccc(S(=O)(=O)Nc2ccc(Nc3cc(N4CCOCC4)cnn3)cc2)cc1Cl. The van der Waals surface area contributed by atoms with Crippen molar-refractivity contribution in [3.8, 4) is 5.75 Å². The van der Waals surface area contributed by atoms with E-state index in [1.165, 1.54) is 25.3 Å². The van der Waals surface area contributed by atoms with Crippen LogP contribution in [-0.4, -0.2) is 52.0 Å². The average molecular weight is 476 g/mol. The van der Waals surface area contributed by atoms with Crippen LogP contribution in [0.3, 0.4) is 0 Å². The summed E-state index contributed by atoms with van der Waals surface area (Å²) in [7, 11) is -2.33. The largest absolute Gasteiger partial charge is 0.495 e. The van der Waals surface area contributed by atoms with E-state index in [2.05, 4.69) is 25.1 Å². The van der Waals surface area contributed by atoms with Gasteiger partial charge in [-0.05, 0) is 42.5 Å². The van der Waals surface area contributed by atoms with Gasteiger partial charge >= 0.3 is 0 Å². The van der Waals surface area contributed by atoms with Gasteiger partial charge in [-0.15, -0.1) is 5.10 Å². The maximum atomic E-state index is 12.7. The van der Waals surface area contributed by atoms with Gasteiger partial charge in [0.15, 0.2) is 5.82 Å². The summed E-state index contributed by atoms with van der Waals surface area (Å²) in [5.41, 5.74) is 2.12. The van der Waals surface area contributed by atoms with Crippen LogP contribution in [0.15, 0.2) is 59.6 Å². The summed E-state index contributed by atoms with van der Waals surface area (Å²) in [6.07, 6.45) is 1.72. The zero-order chi connectivity index (χ0) is 22.6. The van der Waals surface area contributed by atoms with E-state index in [0.29, 0.717) is 30.5 Å². The number of hydrogen-bond acceptors (Lipinski definition) is 8. The predicted molar refractivity (Wildman–Crippen MR) is 124 cm³/mol. The molecule has 2 N–H and O–H groups in total. The quantitative estimate of drug-likeness (QED) is 0.534. The molecule has 1 aromatic heterocycles. The molecule has 1 aliphatic rings. The zero-order valence-electron chi connectivity index (χ0n) is 17.3. The second-order valence-corrected chi connectivity index (χ2v) is 9.09. The summed E-state index contributed by atoms with van der Waals surface area (Å²) >= 11 is 6.05. The first kappa shape index (κ1) is 22.1. The molecular weight excluding hydrogens is 454 g/mol. The van der Waals surface area contributed by atoms with Crippen molar-refractivity contribution in [2.45, 2.75) is 4.90 Å². The Kier molecular flexibility index (Phi) is 6.63. The van der Waals surface area contributed by atoms with Crippen molar-refractivity contribution in [2.24, 2.45) is 0 Å². The normalized spacial score (nSPS) is 14.1. The van der Waals surface area contributed by atoms with Gasteiger partial charge < -0.3 is 19.7 Å². The maximum Gasteiger partial charge on any atom is 0.261 e. The third-order valence-corrected chi connectivity index (χ3v) is 6.53. The van der Waals surface area contributed by atoms with Gasteiger partial charge in [0.25, 0.3) is 10.0 Å². The number of nitrogens with one attached hydrogen (secondary N) is 2. The van der Waals surface area contributed by atoms with E-state index >= 15 is 0 Å². The van der Waals surface area contributed by atoms with Crippen LogP contribution in [0.1, 0.15) is 0 Å². The summed E-state index contributed by atoms with van der Waals surface area (Å²) in [6, 6.07) is 13.0. The molecule has 2 heterocycles. The lowest BCUT2D eigenvalue weighted by Crippen LogP contribution is -2.36.